The van der Waals surface area contributed by atoms with Gasteiger partial charge in [0, 0.05) is 18.7 Å². The molecule has 124 valence electrons. The average molecular weight is 323 g/mol. The average Bonchev–Trinajstić information content (AvgIpc) is 2.95. The number of carbonyl (C=O) groups is 2. The number of hydrogen-bond acceptors (Lipinski definition) is 2. The molecule has 0 spiro atoms. The van der Waals surface area contributed by atoms with E-state index < -0.39 is 11.9 Å². The van der Waals surface area contributed by atoms with Crippen molar-refractivity contribution < 1.29 is 14.7 Å². The molecule has 1 amide bonds. The minimum Gasteiger partial charge on any atom is -0.481 e. The van der Waals surface area contributed by atoms with E-state index in [1.54, 1.807) is 11.0 Å². The summed E-state index contributed by atoms with van der Waals surface area (Å²) in [4.78, 5) is 25.9. The Labute approximate surface area is 141 Å². The Kier molecular flexibility index (Phi) is 4.38. The lowest BCUT2D eigenvalue weighted by molar-refractivity contribution is -0.138. The maximum absolute atomic E-state index is 12.8. The maximum Gasteiger partial charge on any atom is 0.312 e. The summed E-state index contributed by atoms with van der Waals surface area (Å²) in [5.74, 6) is -1.46. The SMILES string of the molecule is Cc1ccccc1C(C)CC(=O)N1CC(C(=O)O)c2ccccc21. The Morgan fingerprint density at radius 1 is 1.17 bits per heavy atom. The van der Waals surface area contributed by atoms with Gasteiger partial charge in [0.2, 0.25) is 5.91 Å². The lowest BCUT2D eigenvalue weighted by Crippen LogP contribution is -2.32. The third-order valence-corrected chi connectivity index (χ3v) is 4.77. The number of carboxylic acids is 1. The van der Waals surface area contributed by atoms with E-state index in [1.165, 1.54) is 5.56 Å². The van der Waals surface area contributed by atoms with E-state index in [2.05, 4.69) is 0 Å². The van der Waals surface area contributed by atoms with Crippen molar-refractivity contribution in [3.63, 3.8) is 0 Å². The summed E-state index contributed by atoms with van der Waals surface area (Å²) in [5.41, 5.74) is 3.78. The van der Waals surface area contributed by atoms with E-state index in [1.807, 2.05) is 56.3 Å². The van der Waals surface area contributed by atoms with Gasteiger partial charge in [-0.25, -0.2) is 0 Å². The molecular formula is C20H21NO3. The van der Waals surface area contributed by atoms with Crippen LogP contribution in [0.25, 0.3) is 0 Å². The molecule has 3 rings (SSSR count). The van der Waals surface area contributed by atoms with Gasteiger partial charge in [-0.1, -0.05) is 49.4 Å². The van der Waals surface area contributed by atoms with Crippen LogP contribution in [0.15, 0.2) is 48.5 Å². The highest BCUT2D eigenvalue weighted by Gasteiger charge is 2.36. The van der Waals surface area contributed by atoms with Crippen LogP contribution in [0, 0.1) is 6.92 Å². The Morgan fingerprint density at radius 2 is 1.83 bits per heavy atom. The van der Waals surface area contributed by atoms with Crippen LogP contribution in [0.2, 0.25) is 0 Å². The van der Waals surface area contributed by atoms with Crippen LogP contribution in [-0.2, 0) is 9.59 Å². The van der Waals surface area contributed by atoms with Gasteiger partial charge in [0.15, 0.2) is 0 Å². The van der Waals surface area contributed by atoms with Gasteiger partial charge in [-0.15, -0.1) is 0 Å². The van der Waals surface area contributed by atoms with Crippen LogP contribution in [0.1, 0.15) is 41.9 Å². The molecule has 0 aromatic heterocycles. The standard InChI is InChI=1S/C20H21NO3/c1-13-7-3-4-8-15(13)14(2)11-19(22)21-12-17(20(23)24)16-9-5-6-10-18(16)21/h3-10,14,17H,11-12H2,1-2H3,(H,23,24). The van der Waals surface area contributed by atoms with Crippen molar-refractivity contribution in [1.82, 2.24) is 0 Å². The van der Waals surface area contributed by atoms with Crippen molar-refractivity contribution in [3.8, 4) is 0 Å². The molecule has 1 heterocycles. The molecule has 24 heavy (non-hydrogen) atoms. The quantitative estimate of drug-likeness (QED) is 0.933. The minimum absolute atomic E-state index is 0.0260. The Morgan fingerprint density at radius 3 is 2.54 bits per heavy atom. The largest absolute Gasteiger partial charge is 0.481 e. The fraction of sp³-hybridized carbons (Fsp3) is 0.300. The topological polar surface area (TPSA) is 57.6 Å². The van der Waals surface area contributed by atoms with Crippen LogP contribution in [0.5, 0.6) is 0 Å². The van der Waals surface area contributed by atoms with Gasteiger partial charge in [-0.3, -0.25) is 9.59 Å². The van der Waals surface area contributed by atoms with Gasteiger partial charge >= 0.3 is 5.97 Å². The number of anilines is 1. The number of carboxylic acid groups (broad SMARTS) is 1. The second-order valence-corrected chi connectivity index (χ2v) is 6.42. The highest BCUT2D eigenvalue weighted by molar-refractivity contribution is 5.99. The highest BCUT2D eigenvalue weighted by Crippen LogP contribution is 2.37. The predicted molar refractivity (Wildman–Crippen MR) is 93.4 cm³/mol. The molecular weight excluding hydrogens is 302 g/mol. The van der Waals surface area contributed by atoms with Crippen LogP contribution in [0.4, 0.5) is 5.69 Å². The first-order chi connectivity index (χ1) is 11.5. The van der Waals surface area contributed by atoms with Crippen LogP contribution in [-0.4, -0.2) is 23.5 Å². The van der Waals surface area contributed by atoms with Gasteiger partial charge < -0.3 is 10.0 Å². The summed E-state index contributed by atoms with van der Waals surface area (Å²) in [6.07, 6.45) is 0.367. The number of carbonyl (C=O) groups excluding carboxylic acids is 1. The molecule has 2 aromatic rings. The lowest BCUT2D eigenvalue weighted by atomic mass is 9.93. The van der Waals surface area contributed by atoms with Crippen molar-refractivity contribution in [3.05, 3.63) is 65.2 Å². The number of nitrogens with zero attached hydrogens (tertiary/aromatic N) is 1. The number of para-hydroxylation sites is 1. The predicted octanol–water partition coefficient (Wildman–Crippen LogP) is 3.70. The van der Waals surface area contributed by atoms with Crippen molar-refractivity contribution in [2.45, 2.75) is 32.1 Å². The van der Waals surface area contributed by atoms with E-state index in [0.717, 1.165) is 16.8 Å². The van der Waals surface area contributed by atoms with E-state index in [-0.39, 0.29) is 18.4 Å². The van der Waals surface area contributed by atoms with Crippen molar-refractivity contribution in [1.29, 1.82) is 0 Å². The summed E-state index contributed by atoms with van der Waals surface area (Å²) in [6.45, 7) is 4.30. The van der Waals surface area contributed by atoms with E-state index in [9.17, 15) is 14.7 Å². The third kappa shape index (κ3) is 2.92. The van der Waals surface area contributed by atoms with E-state index in [0.29, 0.717) is 6.42 Å². The van der Waals surface area contributed by atoms with Gasteiger partial charge in [0.1, 0.15) is 5.92 Å². The molecule has 1 aliphatic rings. The number of aliphatic carboxylic acids is 1. The summed E-state index contributed by atoms with van der Waals surface area (Å²) < 4.78 is 0. The first-order valence-electron chi connectivity index (χ1n) is 8.16. The second kappa shape index (κ2) is 6.48. The molecule has 0 saturated heterocycles. The van der Waals surface area contributed by atoms with Crippen molar-refractivity contribution in [2.75, 3.05) is 11.4 Å². The lowest BCUT2D eigenvalue weighted by Gasteiger charge is -2.21. The van der Waals surface area contributed by atoms with Crippen LogP contribution >= 0.6 is 0 Å². The third-order valence-electron chi connectivity index (χ3n) is 4.77. The first kappa shape index (κ1) is 16.2. The maximum atomic E-state index is 12.8. The Bertz CT molecular complexity index is 784. The smallest absolute Gasteiger partial charge is 0.312 e. The number of aryl methyl sites for hydroxylation is 1. The Balaban J connectivity index is 1.81. The normalized spacial score (nSPS) is 17.4. The van der Waals surface area contributed by atoms with E-state index in [4.69, 9.17) is 0 Å². The zero-order valence-electron chi connectivity index (χ0n) is 13.9. The number of rotatable bonds is 4. The van der Waals surface area contributed by atoms with Crippen LogP contribution in [0.3, 0.4) is 0 Å². The molecule has 0 radical (unpaired) electrons. The fourth-order valence-corrected chi connectivity index (χ4v) is 3.48. The van der Waals surface area contributed by atoms with E-state index >= 15 is 0 Å². The molecule has 4 nitrogen and oxygen atoms in total. The second-order valence-electron chi connectivity index (χ2n) is 6.42. The van der Waals surface area contributed by atoms with Gasteiger partial charge in [0.05, 0.1) is 0 Å². The molecule has 1 aliphatic heterocycles. The van der Waals surface area contributed by atoms with Gasteiger partial charge in [0.25, 0.3) is 0 Å². The molecule has 0 bridgehead atoms. The minimum atomic E-state index is -0.885. The van der Waals surface area contributed by atoms with Gasteiger partial charge in [-0.2, -0.15) is 0 Å². The van der Waals surface area contributed by atoms with Crippen molar-refractivity contribution >= 4 is 17.6 Å². The van der Waals surface area contributed by atoms with Gasteiger partial charge in [-0.05, 0) is 35.6 Å². The summed E-state index contributed by atoms with van der Waals surface area (Å²) in [6, 6.07) is 15.3. The summed E-state index contributed by atoms with van der Waals surface area (Å²) >= 11 is 0. The number of hydrogen-bond donors (Lipinski definition) is 1. The molecule has 1 N–H and O–H groups in total. The fourth-order valence-electron chi connectivity index (χ4n) is 3.48. The number of benzene rings is 2. The zero-order chi connectivity index (χ0) is 17.3. The molecule has 0 saturated carbocycles. The molecule has 2 aromatic carbocycles. The summed E-state index contributed by atoms with van der Waals surface area (Å²) in [5, 5.41) is 9.42. The summed E-state index contributed by atoms with van der Waals surface area (Å²) in [7, 11) is 0. The monoisotopic (exact) mass is 323 g/mol. The Hall–Kier alpha value is -2.62. The first-order valence-corrected chi connectivity index (χ1v) is 8.16. The molecule has 2 atom stereocenters. The molecule has 0 aliphatic carbocycles. The van der Waals surface area contributed by atoms with Crippen LogP contribution < -0.4 is 4.90 Å². The zero-order valence-corrected chi connectivity index (χ0v) is 13.9. The van der Waals surface area contributed by atoms with Crippen molar-refractivity contribution in [2.24, 2.45) is 0 Å². The molecule has 0 fully saturated rings. The molecule has 4 heteroatoms. The highest BCUT2D eigenvalue weighted by atomic mass is 16.4. The number of amides is 1. The molecule has 2 unspecified atom stereocenters. The number of fused-ring (bicyclic) bond motifs is 1.